The van der Waals surface area contributed by atoms with Crippen LogP contribution in [-0.4, -0.2) is 18.4 Å². The van der Waals surface area contributed by atoms with Crippen LogP contribution >= 0.6 is 0 Å². The molecule has 0 atom stereocenters. The Morgan fingerprint density at radius 1 is 1.15 bits per heavy atom. The molecule has 0 saturated carbocycles. The number of aromatic nitrogens is 1. The molecule has 1 rings (SSSR count). The lowest BCUT2D eigenvalue weighted by Gasteiger charge is -1.98. The summed E-state index contributed by atoms with van der Waals surface area (Å²) >= 11 is 0. The third kappa shape index (κ3) is 3.15. The predicted molar refractivity (Wildman–Crippen MR) is 58.7 cm³/mol. The van der Waals surface area contributed by atoms with Gasteiger partial charge in [0.1, 0.15) is 5.69 Å². The second-order valence-corrected chi connectivity index (χ2v) is 2.13. The van der Waals surface area contributed by atoms with Gasteiger partial charge in [-0.15, -0.1) is 0 Å². The summed E-state index contributed by atoms with van der Waals surface area (Å²) in [5.41, 5.74) is 2.30. The summed E-state index contributed by atoms with van der Waals surface area (Å²) in [6.45, 7) is 12.7. The molecule has 0 bridgehead atoms. The molecule has 0 aliphatic heterocycles. The van der Waals surface area contributed by atoms with Crippen molar-refractivity contribution in [3.63, 3.8) is 0 Å². The zero-order chi connectivity index (χ0) is 10.3. The number of pyridine rings is 1. The fraction of sp³-hybridized carbons (Fsp3) is 0.300. The maximum atomic E-state index is 4.04. The Labute approximate surface area is 79.3 Å². The summed E-state index contributed by atoms with van der Waals surface area (Å²) in [5, 5.41) is 0. The van der Waals surface area contributed by atoms with E-state index in [1.165, 1.54) is 0 Å². The van der Waals surface area contributed by atoms with E-state index >= 15 is 0 Å². The van der Waals surface area contributed by atoms with Crippen molar-refractivity contribution in [2.45, 2.75) is 20.8 Å². The summed E-state index contributed by atoms with van der Waals surface area (Å²) in [7, 11) is 0. The van der Waals surface area contributed by atoms with E-state index in [9.17, 15) is 0 Å². The Bertz CT molecular complexity index is 292. The average Bonchev–Trinajstić information content (AvgIpc) is 2.20. The van der Waals surface area contributed by atoms with Crippen LogP contribution in [0.2, 0.25) is 0 Å². The van der Waals surface area contributed by atoms with Gasteiger partial charge in [0, 0.05) is 5.69 Å². The molecule has 1 aromatic rings. The first-order valence-corrected chi connectivity index (χ1v) is 4.18. The third-order valence-corrected chi connectivity index (χ3v) is 1.34. The minimum atomic E-state index is 0.672. The van der Waals surface area contributed by atoms with Crippen molar-refractivity contribution >= 4 is 24.8 Å². The summed E-state index contributed by atoms with van der Waals surface area (Å²) in [6, 6.07) is 1.82. The van der Waals surface area contributed by atoms with Gasteiger partial charge in [-0.2, -0.15) is 0 Å². The standard InChI is InChI=1S/C8H9N3.C2H6/c1-6-4-7(9-2)8(10-3)5-11-6;1-2/h4-5H,2-3H2,1H3;1-2H3. The summed E-state index contributed by atoms with van der Waals surface area (Å²) in [6.07, 6.45) is 1.63. The third-order valence-electron chi connectivity index (χ3n) is 1.34. The van der Waals surface area contributed by atoms with Gasteiger partial charge >= 0.3 is 0 Å². The van der Waals surface area contributed by atoms with Crippen molar-refractivity contribution in [1.29, 1.82) is 0 Å². The second-order valence-electron chi connectivity index (χ2n) is 2.13. The first-order valence-electron chi connectivity index (χ1n) is 4.18. The second kappa shape index (κ2) is 6.06. The molecule has 0 radical (unpaired) electrons. The molecular formula is C10H15N3. The van der Waals surface area contributed by atoms with E-state index in [2.05, 4.69) is 28.4 Å². The van der Waals surface area contributed by atoms with Crippen LogP contribution in [0.1, 0.15) is 19.5 Å². The van der Waals surface area contributed by atoms with Crippen LogP contribution in [0.3, 0.4) is 0 Å². The molecule has 3 nitrogen and oxygen atoms in total. The van der Waals surface area contributed by atoms with E-state index in [-0.39, 0.29) is 0 Å². The number of hydrogen-bond donors (Lipinski definition) is 0. The van der Waals surface area contributed by atoms with Gasteiger partial charge in [0.25, 0.3) is 0 Å². The highest BCUT2D eigenvalue weighted by Gasteiger charge is 1.97. The summed E-state index contributed by atoms with van der Waals surface area (Å²) in [5.74, 6) is 0. The molecule has 3 heteroatoms. The van der Waals surface area contributed by atoms with Crippen LogP contribution in [0.25, 0.3) is 0 Å². The van der Waals surface area contributed by atoms with Crippen LogP contribution in [0.15, 0.2) is 22.2 Å². The van der Waals surface area contributed by atoms with Crippen molar-refractivity contribution in [2.75, 3.05) is 0 Å². The van der Waals surface area contributed by atoms with Gasteiger partial charge < -0.3 is 0 Å². The van der Waals surface area contributed by atoms with Gasteiger partial charge in [-0.25, -0.2) is 0 Å². The number of nitrogens with zero attached hydrogens (tertiary/aromatic N) is 3. The van der Waals surface area contributed by atoms with E-state index in [4.69, 9.17) is 0 Å². The maximum Gasteiger partial charge on any atom is 0.106 e. The number of rotatable bonds is 2. The minimum absolute atomic E-state index is 0.672. The molecule has 0 aromatic carbocycles. The maximum absolute atomic E-state index is 4.04. The van der Waals surface area contributed by atoms with Crippen molar-refractivity contribution < 1.29 is 0 Å². The Balaban J connectivity index is 0.000000671. The van der Waals surface area contributed by atoms with Gasteiger partial charge in [-0.05, 0) is 26.4 Å². The van der Waals surface area contributed by atoms with Crippen LogP contribution < -0.4 is 0 Å². The summed E-state index contributed by atoms with van der Waals surface area (Å²) in [4.78, 5) is 11.6. The number of hydrogen-bond acceptors (Lipinski definition) is 3. The lowest BCUT2D eigenvalue weighted by atomic mass is 10.3. The monoisotopic (exact) mass is 177 g/mol. The Kier molecular flexibility index (Phi) is 5.35. The molecule has 0 fully saturated rings. The van der Waals surface area contributed by atoms with Crippen LogP contribution in [0.5, 0.6) is 0 Å². The molecule has 13 heavy (non-hydrogen) atoms. The number of aryl methyl sites for hydroxylation is 1. The molecule has 0 N–H and O–H groups in total. The molecule has 1 aromatic heterocycles. The van der Waals surface area contributed by atoms with Crippen LogP contribution in [-0.2, 0) is 0 Å². The molecule has 70 valence electrons. The first kappa shape index (κ1) is 11.5. The van der Waals surface area contributed by atoms with E-state index in [1.54, 1.807) is 6.20 Å². The van der Waals surface area contributed by atoms with Gasteiger partial charge in [-0.1, -0.05) is 13.8 Å². The van der Waals surface area contributed by atoms with Crippen molar-refractivity contribution in [3.05, 3.63) is 18.0 Å². The van der Waals surface area contributed by atoms with Crippen LogP contribution in [0.4, 0.5) is 11.4 Å². The van der Waals surface area contributed by atoms with E-state index < -0.39 is 0 Å². The molecule has 0 saturated heterocycles. The molecule has 0 aliphatic carbocycles. The van der Waals surface area contributed by atoms with Gasteiger partial charge in [0.2, 0.25) is 0 Å². The predicted octanol–water partition coefficient (Wildman–Crippen LogP) is 3.08. The van der Waals surface area contributed by atoms with E-state index in [0.717, 1.165) is 11.4 Å². The SMILES string of the molecule is C=Nc1cnc(C)cc1N=C.CC. The largest absolute Gasteiger partial charge is 0.262 e. The smallest absolute Gasteiger partial charge is 0.106 e. The van der Waals surface area contributed by atoms with E-state index in [0.29, 0.717) is 5.69 Å². The van der Waals surface area contributed by atoms with E-state index in [1.807, 2.05) is 26.8 Å². The molecule has 1 heterocycles. The molecule has 0 amide bonds. The van der Waals surface area contributed by atoms with Crippen molar-refractivity contribution in [3.8, 4) is 0 Å². The van der Waals surface area contributed by atoms with Gasteiger partial charge in [0.15, 0.2) is 0 Å². The lowest BCUT2D eigenvalue weighted by Crippen LogP contribution is -1.78. The summed E-state index contributed by atoms with van der Waals surface area (Å²) < 4.78 is 0. The molecule has 0 spiro atoms. The Morgan fingerprint density at radius 2 is 1.69 bits per heavy atom. The molecule has 0 aliphatic rings. The Morgan fingerprint density at radius 3 is 2.15 bits per heavy atom. The van der Waals surface area contributed by atoms with Gasteiger partial charge in [-0.3, -0.25) is 15.0 Å². The fourth-order valence-corrected chi connectivity index (χ4v) is 0.787. The highest BCUT2D eigenvalue weighted by molar-refractivity contribution is 5.65. The fourth-order valence-electron chi connectivity index (χ4n) is 0.787. The van der Waals surface area contributed by atoms with Crippen molar-refractivity contribution in [1.82, 2.24) is 4.98 Å². The number of aliphatic imine (C=N–C) groups is 2. The minimum Gasteiger partial charge on any atom is -0.262 e. The zero-order valence-corrected chi connectivity index (χ0v) is 8.41. The first-order chi connectivity index (χ1) is 6.27. The van der Waals surface area contributed by atoms with Crippen LogP contribution in [0, 0.1) is 6.92 Å². The average molecular weight is 177 g/mol. The lowest BCUT2D eigenvalue weighted by molar-refractivity contribution is 1.19. The highest BCUT2D eigenvalue weighted by atomic mass is 14.8. The topological polar surface area (TPSA) is 37.6 Å². The molecular weight excluding hydrogens is 162 g/mol. The quantitative estimate of drug-likeness (QED) is 0.639. The normalized spacial score (nSPS) is 8.23. The van der Waals surface area contributed by atoms with Gasteiger partial charge in [0.05, 0.1) is 11.9 Å². The zero-order valence-electron chi connectivity index (χ0n) is 8.41. The molecule has 0 unspecified atom stereocenters. The highest BCUT2D eigenvalue weighted by Crippen LogP contribution is 2.25. The Hall–Kier alpha value is -1.51. The van der Waals surface area contributed by atoms with Crippen molar-refractivity contribution in [2.24, 2.45) is 9.98 Å².